The van der Waals surface area contributed by atoms with Crippen molar-refractivity contribution >= 4 is 37.6 Å². The normalized spacial score (nSPS) is 11.0. The molecule has 4 nitrogen and oxygen atoms in total. The van der Waals surface area contributed by atoms with Gasteiger partial charge in [0.2, 0.25) is 10.0 Å². The highest BCUT2D eigenvalue weighted by Gasteiger charge is 2.19. The molecule has 0 bridgehead atoms. The van der Waals surface area contributed by atoms with Gasteiger partial charge in [0.15, 0.2) is 5.75 Å². The van der Waals surface area contributed by atoms with Gasteiger partial charge in [-0.1, -0.05) is 27.5 Å². The zero-order valence-electron chi connectivity index (χ0n) is 9.32. The lowest BCUT2D eigenvalue weighted by molar-refractivity contribution is 0.305. The van der Waals surface area contributed by atoms with E-state index in [0.29, 0.717) is 17.3 Å². The van der Waals surface area contributed by atoms with Crippen molar-refractivity contribution in [3.63, 3.8) is 0 Å². The lowest BCUT2D eigenvalue weighted by Crippen LogP contribution is -2.14. The lowest BCUT2D eigenvalue weighted by Gasteiger charge is -2.12. The molecule has 0 spiro atoms. The summed E-state index contributed by atoms with van der Waals surface area (Å²) in [5.74, 6) is 2.51. The number of terminal acetylenes is 1. The molecule has 0 atom stereocenters. The first-order chi connectivity index (χ1) is 8.36. The maximum absolute atomic E-state index is 11.4. The molecule has 7 heteroatoms. The third-order valence-electron chi connectivity index (χ3n) is 1.99. The topological polar surface area (TPSA) is 69.4 Å². The van der Waals surface area contributed by atoms with E-state index in [1.54, 1.807) is 0 Å². The van der Waals surface area contributed by atoms with Crippen LogP contribution < -0.4 is 9.88 Å². The van der Waals surface area contributed by atoms with Gasteiger partial charge in [0.05, 0.1) is 11.6 Å². The van der Waals surface area contributed by atoms with Crippen molar-refractivity contribution in [3.05, 3.63) is 21.6 Å². The fraction of sp³-hybridized carbons (Fsp3) is 0.273. The molecule has 1 rings (SSSR count). The number of rotatable bonds is 5. The van der Waals surface area contributed by atoms with Gasteiger partial charge in [0.25, 0.3) is 0 Å². The molecule has 0 aromatic heterocycles. The zero-order valence-corrected chi connectivity index (χ0v) is 12.5. The molecule has 0 amide bonds. The van der Waals surface area contributed by atoms with Gasteiger partial charge in [-0.25, -0.2) is 13.6 Å². The van der Waals surface area contributed by atoms with E-state index >= 15 is 0 Å². The van der Waals surface area contributed by atoms with Crippen molar-refractivity contribution in [3.8, 4) is 18.1 Å². The SMILES string of the molecule is C#CCCCOc1c(Cl)cc(Br)cc1S(N)(=O)=O. The molecule has 0 aliphatic heterocycles. The second-order valence-electron chi connectivity index (χ2n) is 3.42. The standard InChI is InChI=1S/C11H11BrClNO3S/c1-2-3-4-5-17-11-9(13)6-8(12)7-10(11)18(14,15)16/h1,6-7H,3-5H2,(H2,14,15,16). The van der Waals surface area contributed by atoms with Crippen LogP contribution >= 0.6 is 27.5 Å². The van der Waals surface area contributed by atoms with Crippen LogP contribution in [0.15, 0.2) is 21.5 Å². The Morgan fingerprint density at radius 1 is 1.50 bits per heavy atom. The molecule has 2 N–H and O–H groups in total. The summed E-state index contributed by atoms with van der Waals surface area (Å²) in [4.78, 5) is -0.150. The summed E-state index contributed by atoms with van der Waals surface area (Å²) in [5.41, 5.74) is 0. The minimum atomic E-state index is -3.90. The number of hydrogen-bond acceptors (Lipinski definition) is 3. The highest BCUT2D eigenvalue weighted by atomic mass is 79.9. The van der Waals surface area contributed by atoms with Crippen LogP contribution in [-0.2, 0) is 10.0 Å². The zero-order chi connectivity index (χ0) is 13.8. The van der Waals surface area contributed by atoms with E-state index < -0.39 is 10.0 Å². The van der Waals surface area contributed by atoms with Crippen molar-refractivity contribution in [2.75, 3.05) is 6.61 Å². The Balaban J connectivity index is 3.06. The van der Waals surface area contributed by atoms with E-state index in [2.05, 4.69) is 21.9 Å². The van der Waals surface area contributed by atoms with Crippen LogP contribution in [0.2, 0.25) is 5.02 Å². The smallest absolute Gasteiger partial charge is 0.241 e. The van der Waals surface area contributed by atoms with Gasteiger partial charge < -0.3 is 4.74 Å². The fourth-order valence-corrected chi connectivity index (χ4v) is 3.03. The largest absolute Gasteiger partial charge is 0.491 e. The number of halogens is 2. The maximum atomic E-state index is 11.4. The number of nitrogens with two attached hydrogens (primary N) is 1. The lowest BCUT2D eigenvalue weighted by atomic mass is 10.3. The van der Waals surface area contributed by atoms with Crippen LogP contribution in [0.4, 0.5) is 0 Å². The molecule has 0 heterocycles. The molecule has 0 aliphatic rings. The minimum Gasteiger partial charge on any atom is -0.491 e. The molecular formula is C11H11BrClNO3S. The van der Waals surface area contributed by atoms with Gasteiger partial charge in [-0.2, -0.15) is 0 Å². The summed E-state index contributed by atoms with van der Waals surface area (Å²) in [6.07, 6.45) is 6.25. The van der Waals surface area contributed by atoms with E-state index in [9.17, 15) is 8.42 Å². The predicted octanol–water partition coefficient (Wildman–Crippen LogP) is 2.54. The van der Waals surface area contributed by atoms with Gasteiger partial charge in [-0.3, -0.25) is 0 Å². The summed E-state index contributed by atoms with van der Waals surface area (Å²) in [6, 6.07) is 2.88. The van der Waals surface area contributed by atoms with E-state index in [1.807, 2.05) is 0 Å². The van der Waals surface area contributed by atoms with E-state index in [4.69, 9.17) is 27.9 Å². The van der Waals surface area contributed by atoms with Crippen LogP contribution in [-0.4, -0.2) is 15.0 Å². The molecule has 98 valence electrons. The molecule has 0 saturated carbocycles. The summed E-state index contributed by atoms with van der Waals surface area (Å²) < 4.78 is 28.7. The molecule has 0 saturated heterocycles. The highest BCUT2D eigenvalue weighted by molar-refractivity contribution is 9.10. The number of unbranched alkanes of at least 4 members (excludes halogenated alkanes) is 1. The van der Waals surface area contributed by atoms with Crippen molar-refractivity contribution in [1.29, 1.82) is 0 Å². The van der Waals surface area contributed by atoms with Gasteiger partial charge in [0, 0.05) is 10.9 Å². The Bertz CT molecular complexity index is 581. The van der Waals surface area contributed by atoms with Crippen LogP contribution in [0.1, 0.15) is 12.8 Å². The first-order valence-electron chi connectivity index (χ1n) is 4.94. The molecule has 0 radical (unpaired) electrons. The molecule has 1 aromatic rings. The van der Waals surface area contributed by atoms with Crippen LogP contribution in [0, 0.1) is 12.3 Å². The second kappa shape index (κ2) is 6.43. The fourth-order valence-electron chi connectivity index (χ4n) is 1.24. The average Bonchev–Trinajstić information content (AvgIpc) is 2.24. The molecule has 0 unspecified atom stereocenters. The van der Waals surface area contributed by atoms with Gasteiger partial charge in [-0.05, 0) is 18.6 Å². The Hall–Kier alpha value is -0.740. The quantitative estimate of drug-likeness (QED) is 0.654. The number of hydrogen-bond donors (Lipinski definition) is 1. The van der Waals surface area contributed by atoms with Crippen molar-refractivity contribution in [1.82, 2.24) is 0 Å². The number of sulfonamides is 1. The molecule has 18 heavy (non-hydrogen) atoms. The van der Waals surface area contributed by atoms with Gasteiger partial charge in [0.1, 0.15) is 4.90 Å². The van der Waals surface area contributed by atoms with E-state index in [1.165, 1.54) is 12.1 Å². The maximum Gasteiger partial charge on any atom is 0.241 e. The van der Waals surface area contributed by atoms with Crippen LogP contribution in [0.25, 0.3) is 0 Å². The van der Waals surface area contributed by atoms with Gasteiger partial charge in [-0.15, -0.1) is 12.3 Å². The summed E-state index contributed by atoms with van der Waals surface area (Å²) >= 11 is 9.08. The van der Waals surface area contributed by atoms with Crippen molar-refractivity contribution in [2.24, 2.45) is 5.14 Å². The number of benzene rings is 1. The second-order valence-corrected chi connectivity index (χ2v) is 6.27. The van der Waals surface area contributed by atoms with E-state index in [-0.39, 0.29) is 22.3 Å². The summed E-state index contributed by atoms with van der Waals surface area (Å²) in [5, 5.41) is 5.28. The molecule has 0 aliphatic carbocycles. The predicted molar refractivity (Wildman–Crippen MR) is 74.1 cm³/mol. The molecule has 0 fully saturated rings. The van der Waals surface area contributed by atoms with Crippen LogP contribution in [0.3, 0.4) is 0 Å². The minimum absolute atomic E-state index is 0.0550. The first kappa shape index (κ1) is 15.3. The van der Waals surface area contributed by atoms with Crippen molar-refractivity contribution in [2.45, 2.75) is 17.7 Å². The summed E-state index contributed by atoms with van der Waals surface area (Å²) in [6.45, 7) is 0.272. The average molecular weight is 353 g/mol. The molecular weight excluding hydrogens is 342 g/mol. The van der Waals surface area contributed by atoms with Gasteiger partial charge >= 0.3 is 0 Å². The third-order valence-corrected chi connectivity index (χ3v) is 3.65. The summed E-state index contributed by atoms with van der Waals surface area (Å²) in [7, 11) is -3.90. The Morgan fingerprint density at radius 2 is 2.17 bits per heavy atom. The Labute approximate surface area is 120 Å². The van der Waals surface area contributed by atoms with Crippen LogP contribution in [0.5, 0.6) is 5.75 Å². The molecule has 1 aromatic carbocycles. The number of primary sulfonamides is 1. The monoisotopic (exact) mass is 351 g/mol. The highest BCUT2D eigenvalue weighted by Crippen LogP contribution is 2.35. The third kappa shape index (κ3) is 4.18. The van der Waals surface area contributed by atoms with E-state index in [0.717, 1.165) is 0 Å². The Kier molecular flexibility index (Phi) is 5.47. The Morgan fingerprint density at radius 3 is 2.72 bits per heavy atom. The number of ether oxygens (including phenoxy) is 1. The van der Waals surface area contributed by atoms with Crippen molar-refractivity contribution < 1.29 is 13.2 Å². The first-order valence-corrected chi connectivity index (χ1v) is 7.66.